The topological polar surface area (TPSA) is 115 Å². The van der Waals surface area contributed by atoms with Crippen molar-refractivity contribution in [2.24, 2.45) is 0 Å². The van der Waals surface area contributed by atoms with Crippen LogP contribution >= 0.6 is 0 Å². The molecule has 1 aromatic carbocycles. The summed E-state index contributed by atoms with van der Waals surface area (Å²) in [6.07, 6.45) is 2.34. The summed E-state index contributed by atoms with van der Waals surface area (Å²) in [5, 5.41) is 7.85. The second kappa shape index (κ2) is 7.06. The van der Waals surface area contributed by atoms with E-state index in [4.69, 9.17) is 0 Å². The van der Waals surface area contributed by atoms with Crippen LogP contribution in [0, 0.1) is 0 Å². The molecule has 146 valence electrons. The molecule has 0 spiro atoms. The fourth-order valence-electron chi connectivity index (χ4n) is 3.58. The fourth-order valence-corrected chi connectivity index (χ4v) is 3.58. The Hall–Kier alpha value is -3.23. The summed E-state index contributed by atoms with van der Waals surface area (Å²) >= 11 is 0. The number of hydrogen-bond donors (Lipinski definition) is 2. The van der Waals surface area contributed by atoms with Crippen LogP contribution < -0.4 is 16.6 Å². The number of nitrogens with one attached hydrogen (secondary N) is 2. The van der Waals surface area contributed by atoms with Gasteiger partial charge in [0.1, 0.15) is 5.82 Å². The molecule has 1 unspecified atom stereocenters. The molecule has 28 heavy (non-hydrogen) atoms. The monoisotopic (exact) mass is 382 g/mol. The minimum atomic E-state index is -0.477. The molecule has 0 fully saturated rings. The van der Waals surface area contributed by atoms with Crippen LogP contribution in [-0.4, -0.2) is 36.3 Å². The number of fused-ring (bicyclic) bond motifs is 2. The van der Waals surface area contributed by atoms with Crippen molar-refractivity contribution >= 4 is 16.8 Å². The van der Waals surface area contributed by atoms with Crippen LogP contribution in [-0.2, 0) is 25.9 Å². The first-order valence-corrected chi connectivity index (χ1v) is 9.50. The first-order valence-electron chi connectivity index (χ1n) is 9.50. The Labute approximate surface area is 160 Å². The molecule has 0 saturated heterocycles. The van der Waals surface area contributed by atoms with Crippen LogP contribution in [0.15, 0.2) is 27.8 Å². The van der Waals surface area contributed by atoms with Crippen molar-refractivity contribution in [1.29, 1.82) is 0 Å². The summed E-state index contributed by atoms with van der Waals surface area (Å²) in [6, 6.07) is 4.69. The highest BCUT2D eigenvalue weighted by Crippen LogP contribution is 2.15. The van der Waals surface area contributed by atoms with E-state index < -0.39 is 5.69 Å². The number of amides is 1. The van der Waals surface area contributed by atoms with Crippen molar-refractivity contribution in [3.63, 3.8) is 0 Å². The third-order valence-electron chi connectivity index (χ3n) is 5.11. The lowest BCUT2D eigenvalue weighted by Crippen LogP contribution is -2.41. The molecule has 3 aromatic rings. The second-order valence-corrected chi connectivity index (χ2v) is 6.93. The lowest BCUT2D eigenvalue weighted by atomic mass is 10.1. The second-order valence-electron chi connectivity index (χ2n) is 6.93. The molecular weight excluding hydrogens is 360 g/mol. The zero-order chi connectivity index (χ0) is 19.8. The molecule has 0 aliphatic carbocycles. The summed E-state index contributed by atoms with van der Waals surface area (Å²) in [5.41, 5.74) is -0.0706. The maximum absolute atomic E-state index is 12.7. The van der Waals surface area contributed by atoms with E-state index in [0.29, 0.717) is 23.0 Å². The number of hydrogen-bond acceptors (Lipinski definition) is 5. The quantitative estimate of drug-likeness (QED) is 0.686. The van der Waals surface area contributed by atoms with Gasteiger partial charge in [0.2, 0.25) is 0 Å². The van der Waals surface area contributed by atoms with Crippen molar-refractivity contribution in [3.05, 3.63) is 56.2 Å². The molecule has 2 aromatic heterocycles. The summed E-state index contributed by atoms with van der Waals surface area (Å²) < 4.78 is 2.99. The SMILES string of the molecule is CCc1nc2n(n1)CC(NC(=O)c1ccc3c(=O)n(CC)c(=O)[nH]c3c1)CC2. The van der Waals surface area contributed by atoms with Crippen LogP contribution in [0.1, 0.15) is 42.3 Å². The maximum atomic E-state index is 12.7. The van der Waals surface area contributed by atoms with Gasteiger partial charge >= 0.3 is 5.69 Å². The molecule has 0 saturated carbocycles. The van der Waals surface area contributed by atoms with Gasteiger partial charge in [0, 0.05) is 31.0 Å². The molecule has 2 N–H and O–H groups in total. The van der Waals surface area contributed by atoms with Gasteiger partial charge in [-0.15, -0.1) is 0 Å². The number of aromatic amines is 1. The Morgan fingerprint density at radius 2 is 2.14 bits per heavy atom. The predicted octanol–water partition coefficient (Wildman–Crippen LogP) is 0.608. The number of benzene rings is 1. The molecule has 9 heteroatoms. The number of carbonyl (C=O) groups is 1. The normalized spacial score (nSPS) is 16.1. The molecule has 0 bridgehead atoms. The number of aromatic nitrogens is 5. The predicted molar refractivity (Wildman–Crippen MR) is 103 cm³/mol. The third-order valence-corrected chi connectivity index (χ3v) is 5.11. The van der Waals surface area contributed by atoms with Gasteiger partial charge in [-0.3, -0.25) is 14.2 Å². The lowest BCUT2D eigenvalue weighted by Gasteiger charge is -2.23. The van der Waals surface area contributed by atoms with E-state index >= 15 is 0 Å². The van der Waals surface area contributed by atoms with E-state index in [-0.39, 0.29) is 24.1 Å². The highest BCUT2D eigenvalue weighted by Gasteiger charge is 2.23. The van der Waals surface area contributed by atoms with Crippen molar-refractivity contribution in [2.45, 2.75) is 52.2 Å². The first kappa shape index (κ1) is 18.1. The number of carbonyl (C=O) groups excluding carboxylic acids is 1. The van der Waals surface area contributed by atoms with Crippen LogP contribution in [0.2, 0.25) is 0 Å². The summed E-state index contributed by atoms with van der Waals surface area (Å²) in [7, 11) is 0. The molecule has 3 heterocycles. The lowest BCUT2D eigenvalue weighted by molar-refractivity contribution is 0.0926. The number of aryl methyl sites for hydroxylation is 2. The third kappa shape index (κ3) is 3.12. The Morgan fingerprint density at radius 3 is 2.89 bits per heavy atom. The molecule has 4 rings (SSSR count). The molecule has 1 aliphatic rings. The van der Waals surface area contributed by atoms with Crippen molar-refractivity contribution in [2.75, 3.05) is 0 Å². The summed E-state index contributed by atoms with van der Waals surface area (Å²) in [4.78, 5) is 44.2. The summed E-state index contributed by atoms with van der Waals surface area (Å²) in [5.74, 6) is 1.53. The van der Waals surface area contributed by atoms with Crippen molar-refractivity contribution in [1.82, 2.24) is 29.6 Å². The van der Waals surface area contributed by atoms with Gasteiger partial charge in [-0.2, -0.15) is 5.10 Å². The van der Waals surface area contributed by atoms with E-state index in [1.165, 1.54) is 0 Å². The Kier molecular flexibility index (Phi) is 4.58. The van der Waals surface area contributed by atoms with Gasteiger partial charge in [-0.25, -0.2) is 14.5 Å². The van der Waals surface area contributed by atoms with Gasteiger partial charge in [0.15, 0.2) is 5.82 Å². The van der Waals surface area contributed by atoms with Crippen LogP contribution in [0.4, 0.5) is 0 Å². The van der Waals surface area contributed by atoms with Gasteiger partial charge in [-0.05, 0) is 31.5 Å². The standard InChI is InChI=1S/C19H22N6O3/c1-3-15-22-16-8-6-12(10-25(16)23-15)20-17(26)11-5-7-13-14(9-11)21-19(28)24(4-2)18(13)27/h5,7,9,12H,3-4,6,8,10H2,1-2H3,(H,20,26)(H,21,28). The average Bonchev–Trinajstić information content (AvgIpc) is 3.10. The molecule has 1 amide bonds. The van der Waals surface area contributed by atoms with E-state index in [1.807, 2.05) is 11.6 Å². The van der Waals surface area contributed by atoms with Gasteiger partial charge < -0.3 is 10.3 Å². The Morgan fingerprint density at radius 1 is 1.32 bits per heavy atom. The molecule has 9 nitrogen and oxygen atoms in total. The summed E-state index contributed by atoms with van der Waals surface area (Å²) in [6.45, 7) is 4.62. The largest absolute Gasteiger partial charge is 0.347 e. The van der Waals surface area contributed by atoms with Gasteiger partial charge in [0.05, 0.1) is 17.4 Å². The smallest absolute Gasteiger partial charge is 0.328 e. The number of H-pyrrole nitrogens is 1. The highest BCUT2D eigenvalue weighted by atomic mass is 16.2. The van der Waals surface area contributed by atoms with E-state index in [9.17, 15) is 14.4 Å². The van der Waals surface area contributed by atoms with Crippen molar-refractivity contribution < 1.29 is 4.79 Å². The van der Waals surface area contributed by atoms with Gasteiger partial charge in [0.25, 0.3) is 11.5 Å². The maximum Gasteiger partial charge on any atom is 0.328 e. The van der Waals surface area contributed by atoms with E-state index in [2.05, 4.69) is 20.4 Å². The molecule has 1 aliphatic heterocycles. The van der Waals surface area contributed by atoms with Crippen LogP contribution in [0.3, 0.4) is 0 Å². The van der Waals surface area contributed by atoms with E-state index in [1.54, 1.807) is 25.1 Å². The zero-order valence-electron chi connectivity index (χ0n) is 15.9. The fraction of sp³-hybridized carbons (Fsp3) is 0.421. The van der Waals surface area contributed by atoms with E-state index in [0.717, 1.165) is 35.5 Å². The first-order chi connectivity index (χ1) is 13.5. The average molecular weight is 382 g/mol. The van der Waals surface area contributed by atoms with Gasteiger partial charge in [-0.1, -0.05) is 6.92 Å². The van der Waals surface area contributed by atoms with Crippen LogP contribution in [0.25, 0.3) is 10.9 Å². The highest BCUT2D eigenvalue weighted by molar-refractivity contribution is 5.97. The molecular formula is C19H22N6O3. The minimum absolute atomic E-state index is 0.0470. The number of rotatable bonds is 4. The Balaban J connectivity index is 1.56. The van der Waals surface area contributed by atoms with Crippen molar-refractivity contribution in [3.8, 4) is 0 Å². The molecule has 1 atom stereocenters. The zero-order valence-corrected chi connectivity index (χ0v) is 15.9. The number of nitrogens with zero attached hydrogens (tertiary/aromatic N) is 4. The minimum Gasteiger partial charge on any atom is -0.347 e. The molecule has 0 radical (unpaired) electrons. The van der Waals surface area contributed by atoms with Crippen LogP contribution in [0.5, 0.6) is 0 Å². The Bertz CT molecular complexity index is 1170.